The van der Waals surface area contributed by atoms with E-state index in [2.05, 4.69) is 10.3 Å². The number of nitrogens with one attached hydrogen (secondary N) is 1. The lowest BCUT2D eigenvalue weighted by molar-refractivity contribution is -0.380. The van der Waals surface area contributed by atoms with Crippen molar-refractivity contribution in [3.63, 3.8) is 0 Å². The molecule has 0 spiro atoms. The highest BCUT2D eigenvalue weighted by atomic mass is 35.5. The van der Waals surface area contributed by atoms with E-state index in [1.54, 1.807) is 12.1 Å². The summed E-state index contributed by atoms with van der Waals surface area (Å²) in [5.74, 6) is -0.108. The van der Waals surface area contributed by atoms with Crippen LogP contribution in [0.5, 0.6) is 0 Å². The van der Waals surface area contributed by atoms with Crippen molar-refractivity contribution in [1.82, 2.24) is 4.98 Å². The van der Waals surface area contributed by atoms with Gasteiger partial charge in [0.2, 0.25) is 0 Å². The molecule has 2 heterocycles. The van der Waals surface area contributed by atoms with Gasteiger partial charge >= 0.3 is 5.00 Å². The molecule has 0 atom stereocenters. The second-order valence-electron chi connectivity index (χ2n) is 3.21. The van der Waals surface area contributed by atoms with E-state index in [0.717, 1.165) is 11.3 Å². The average molecular weight is 284 g/mol. The number of carbonyl (C=O) groups excluding carboxylic acids is 1. The van der Waals surface area contributed by atoms with E-state index < -0.39 is 10.8 Å². The molecule has 1 amide bonds. The summed E-state index contributed by atoms with van der Waals surface area (Å²) in [5.41, 5.74) is 0. The summed E-state index contributed by atoms with van der Waals surface area (Å²) in [6.45, 7) is 0. The Labute approximate surface area is 110 Å². The molecule has 0 bridgehead atoms. The van der Waals surface area contributed by atoms with Gasteiger partial charge in [-0.05, 0) is 18.2 Å². The molecule has 0 saturated carbocycles. The van der Waals surface area contributed by atoms with E-state index >= 15 is 0 Å². The molecule has 0 fully saturated rings. The van der Waals surface area contributed by atoms with Gasteiger partial charge in [-0.1, -0.05) is 22.9 Å². The van der Waals surface area contributed by atoms with Gasteiger partial charge in [-0.15, -0.1) is 0 Å². The van der Waals surface area contributed by atoms with E-state index in [-0.39, 0.29) is 9.88 Å². The molecule has 0 aliphatic heterocycles. The summed E-state index contributed by atoms with van der Waals surface area (Å²) in [5, 5.41) is 13.4. The Morgan fingerprint density at radius 1 is 1.39 bits per heavy atom. The summed E-state index contributed by atoms with van der Waals surface area (Å²) < 4.78 is 0. The van der Waals surface area contributed by atoms with Gasteiger partial charge in [0, 0.05) is 12.3 Å². The molecule has 0 radical (unpaired) electrons. The Morgan fingerprint density at radius 3 is 2.72 bits per heavy atom. The smallest absolute Gasteiger partial charge is 0.306 e. The topological polar surface area (TPSA) is 85.1 Å². The minimum atomic E-state index is -0.540. The second kappa shape index (κ2) is 5.11. The van der Waals surface area contributed by atoms with Crippen molar-refractivity contribution in [3.05, 3.63) is 50.5 Å². The number of halogens is 1. The molecule has 92 valence electrons. The van der Waals surface area contributed by atoms with Gasteiger partial charge < -0.3 is 5.32 Å². The second-order valence-corrected chi connectivity index (χ2v) is 4.71. The van der Waals surface area contributed by atoms with E-state index in [0.29, 0.717) is 10.8 Å². The van der Waals surface area contributed by atoms with E-state index in [9.17, 15) is 14.9 Å². The lowest BCUT2D eigenvalue weighted by Gasteiger charge is -2.01. The van der Waals surface area contributed by atoms with Crippen molar-refractivity contribution < 1.29 is 9.72 Å². The van der Waals surface area contributed by atoms with Gasteiger partial charge in [-0.2, -0.15) is 0 Å². The zero-order valence-electron chi connectivity index (χ0n) is 8.79. The maximum atomic E-state index is 11.7. The quantitative estimate of drug-likeness (QED) is 0.693. The molecule has 18 heavy (non-hydrogen) atoms. The van der Waals surface area contributed by atoms with Crippen molar-refractivity contribution in [1.29, 1.82) is 0 Å². The summed E-state index contributed by atoms with van der Waals surface area (Å²) in [4.78, 5) is 25.8. The number of rotatable bonds is 3. The molecule has 6 nitrogen and oxygen atoms in total. The van der Waals surface area contributed by atoms with Crippen LogP contribution in [0.1, 0.15) is 9.67 Å². The molecule has 0 aliphatic carbocycles. The molecule has 0 aliphatic rings. The number of amides is 1. The van der Waals surface area contributed by atoms with Gasteiger partial charge in [-0.3, -0.25) is 14.9 Å². The van der Waals surface area contributed by atoms with Crippen molar-refractivity contribution >= 4 is 39.7 Å². The standard InChI is InChI=1S/C10H6ClN3O3S/c11-6-1-3-8(12-5-6)13-10(15)7-2-4-9(18-7)14(16)17/h1-5H,(H,12,13,15). The van der Waals surface area contributed by atoms with Crippen LogP contribution in [0.4, 0.5) is 10.8 Å². The minimum Gasteiger partial charge on any atom is -0.306 e. The number of pyridine rings is 1. The van der Waals surface area contributed by atoms with E-state index in [1.807, 2.05) is 0 Å². The Bertz CT molecular complexity index is 597. The van der Waals surface area contributed by atoms with Crippen molar-refractivity contribution in [2.75, 3.05) is 5.32 Å². The maximum Gasteiger partial charge on any atom is 0.324 e. The van der Waals surface area contributed by atoms with Crippen LogP contribution in [-0.2, 0) is 0 Å². The summed E-state index contributed by atoms with van der Waals surface area (Å²) in [7, 11) is 0. The fraction of sp³-hybridized carbons (Fsp3) is 0. The molecular formula is C10H6ClN3O3S. The number of nitrogens with zero attached hydrogens (tertiary/aromatic N) is 2. The normalized spacial score (nSPS) is 10.1. The van der Waals surface area contributed by atoms with Crippen molar-refractivity contribution in [2.45, 2.75) is 0 Å². The van der Waals surface area contributed by atoms with Crippen LogP contribution < -0.4 is 5.32 Å². The first-order chi connectivity index (χ1) is 8.56. The Morgan fingerprint density at radius 2 is 2.17 bits per heavy atom. The van der Waals surface area contributed by atoms with Crippen molar-refractivity contribution in [2.24, 2.45) is 0 Å². The van der Waals surface area contributed by atoms with Gasteiger partial charge in [0.05, 0.1) is 14.8 Å². The predicted octanol–water partition coefficient (Wildman–Crippen LogP) is 2.96. The zero-order valence-corrected chi connectivity index (χ0v) is 10.4. The lowest BCUT2D eigenvalue weighted by Crippen LogP contribution is -2.10. The van der Waals surface area contributed by atoms with Crippen LogP contribution in [0.15, 0.2) is 30.5 Å². The first kappa shape index (κ1) is 12.5. The summed E-state index contributed by atoms with van der Waals surface area (Å²) in [6.07, 6.45) is 1.40. The van der Waals surface area contributed by atoms with Crippen LogP contribution in [0, 0.1) is 10.1 Å². The zero-order chi connectivity index (χ0) is 13.1. The van der Waals surface area contributed by atoms with Gasteiger partial charge in [0.1, 0.15) is 5.82 Å². The highest BCUT2D eigenvalue weighted by molar-refractivity contribution is 7.17. The van der Waals surface area contributed by atoms with Gasteiger partial charge in [0.15, 0.2) is 0 Å². The fourth-order valence-electron chi connectivity index (χ4n) is 1.18. The highest BCUT2D eigenvalue weighted by Gasteiger charge is 2.15. The van der Waals surface area contributed by atoms with Crippen LogP contribution in [0.2, 0.25) is 5.02 Å². The first-order valence-electron chi connectivity index (χ1n) is 4.73. The van der Waals surface area contributed by atoms with Crippen LogP contribution >= 0.6 is 22.9 Å². The Balaban J connectivity index is 2.11. The number of anilines is 1. The van der Waals surface area contributed by atoms with Crippen molar-refractivity contribution in [3.8, 4) is 0 Å². The number of hydrogen-bond acceptors (Lipinski definition) is 5. The minimum absolute atomic E-state index is 0.0794. The molecular weight excluding hydrogens is 278 g/mol. The molecule has 2 aromatic rings. The monoisotopic (exact) mass is 283 g/mol. The predicted molar refractivity (Wildman–Crippen MR) is 68.2 cm³/mol. The maximum absolute atomic E-state index is 11.7. The fourth-order valence-corrected chi connectivity index (χ4v) is 2.00. The number of thiophene rings is 1. The third-order valence-electron chi connectivity index (χ3n) is 1.96. The lowest BCUT2D eigenvalue weighted by atomic mass is 10.4. The van der Waals surface area contributed by atoms with Gasteiger partial charge in [-0.25, -0.2) is 4.98 Å². The number of nitro groups is 1. The molecule has 0 aromatic carbocycles. The number of aromatic nitrogens is 1. The van der Waals surface area contributed by atoms with E-state index in [4.69, 9.17) is 11.6 Å². The highest BCUT2D eigenvalue weighted by Crippen LogP contribution is 2.24. The Kier molecular flexibility index (Phi) is 3.54. The largest absolute Gasteiger partial charge is 0.324 e. The van der Waals surface area contributed by atoms with Gasteiger partial charge in [0.25, 0.3) is 5.91 Å². The number of hydrogen-bond donors (Lipinski definition) is 1. The summed E-state index contributed by atoms with van der Waals surface area (Å²) >= 11 is 6.46. The first-order valence-corrected chi connectivity index (χ1v) is 5.93. The third kappa shape index (κ3) is 2.82. The molecule has 2 rings (SSSR count). The molecule has 8 heteroatoms. The Hall–Kier alpha value is -1.99. The molecule has 2 aromatic heterocycles. The molecule has 0 unspecified atom stereocenters. The van der Waals surface area contributed by atoms with Crippen LogP contribution in [-0.4, -0.2) is 15.8 Å². The number of carbonyl (C=O) groups is 1. The third-order valence-corrected chi connectivity index (χ3v) is 3.22. The van der Waals surface area contributed by atoms with E-state index in [1.165, 1.54) is 18.3 Å². The molecule has 1 N–H and O–H groups in total. The average Bonchev–Trinajstić information content (AvgIpc) is 2.81. The van der Waals surface area contributed by atoms with Crippen LogP contribution in [0.25, 0.3) is 0 Å². The summed E-state index contributed by atoms with van der Waals surface area (Å²) in [6, 6.07) is 5.81. The molecule has 0 saturated heterocycles. The van der Waals surface area contributed by atoms with Crippen LogP contribution in [0.3, 0.4) is 0 Å². The SMILES string of the molecule is O=C(Nc1ccc(Cl)cn1)c1ccc([N+](=O)[O-])s1.